The van der Waals surface area contributed by atoms with Crippen LogP contribution in [0.5, 0.6) is 0 Å². The normalized spacial score (nSPS) is 30.8. The Bertz CT molecular complexity index is 483. The lowest BCUT2D eigenvalue weighted by Crippen LogP contribution is -2.41. The molecule has 2 unspecified atom stereocenters. The van der Waals surface area contributed by atoms with Gasteiger partial charge in [-0.1, -0.05) is 12.2 Å². The van der Waals surface area contributed by atoms with Crippen LogP contribution in [0.25, 0.3) is 0 Å². The van der Waals surface area contributed by atoms with Gasteiger partial charge in [0.2, 0.25) is 0 Å². The molecule has 0 bridgehead atoms. The number of nitrogens with one attached hydrogen (secondary N) is 1. The first kappa shape index (κ1) is 13.6. The number of hydrogen-bond donors (Lipinski definition) is 2. The van der Waals surface area contributed by atoms with Gasteiger partial charge in [-0.2, -0.15) is 0 Å². The fourth-order valence-corrected chi connectivity index (χ4v) is 3.08. The molecule has 5 nitrogen and oxygen atoms in total. The first-order chi connectivity index (χ1) is 9.46. The van der Waals surface area contributed by atoms with Gasteiger partial charge in [0.25, 0.3) is 0 Å². The molecule has 0 amide bonds. The lowest BCUT2D eigenvalue weighted by Gasteiger charge is -2.29. The van der Waals surface area contributed by atoms with E-state index in [0.717, 1.165) is 29.8 Å². The highest BCUT2D eigenvalue weighted by Crippen LogP contribution is 2.35. The van der Waals surface area contributed by atoms with E-state index in [1.807, 2.05) is 0 Å². The quantitative estimate of drug-likeness (QED) is 0.743. The minimum atomic E-state index is -0.0339. The zero-order valence-corrected chi connectivity index (χ0v) is 12.8. The van der Waals surface area contributed by atoms with Crippen LogP contribution in [0.3, 0.4) is 0 Å². The van der Waals surface area contributed by atoms with E-state index in [9.17, 15) is 0 Å². The van der Waals surface area contributed by atoms with Crippen LogP contribution < -0.4 is 11.2 Å². The van der Waals surface area contributed by atoms with E-state index in [0.29, 0.717) is 0 Å². The van der Waals surface area contributed by atoms with Crippen molar-refractivity contribution >= 4 is 5.84 Å². The number of rotatable bonds is 3. The van der Waals surface area contributed by atoms with Gasteiger partial charge in [-0.3, -0.25) is 15.4 Å². The van der Waals surface area contributed by atoms with Crippen LogP contribution in [0, 0.1) is 0 Å². The molecule has 110 valence electrons. The van der Waals surface area contributed by atoms with E-state index in [2.05, 4.69) is 43.7 Å². The highest BCUT2D eigenvalue weighted by molar-refractivity contribution is 5.90. The second-order valence-corrected chi connectivity index (χ2v) is 6.96. The van der Waals surface area contributed by atoms with Crippen LogP contribution in [0.4, 0.5) is 0 Å². The third-order valence-electron chi connectivity index (χ3n) is 4.29. The van der Waals surface area contributed by atoms with Crippen molar-refractivity contribution in [3.8, 4) is 0 Å². The van der Waals surface area contributed by atoms with Crippen molar-refractivity contribution in [1.82, 2.24) is 10.4 Å². The van der Waals surface area contributed by atoms with E-state index in [1.54, 1.807) is 0 Å². The van der Waals surface area contributed by atoms with Crippen molar-refractivity contribution in [2.75, 3.05) is 34.2 Å². The van der Waals surface area contributed by atoms with Crippen molar-refractivity contribution in [2.24, 2.45) is 10.7 Å². The van der Waals surface area contributed by atoms with Gasteiger partial charge in [0.15, 0.2) is 0 Å². The number of aliphatic imine (C=N–C) groups is 1. The summed E-state index contributed by atoms with van der Waals surface area (Å²) in [6, 6.07) is 0.197. The van der Waals surface area contributed by atoms with Gasteiger partial charge >= 0.3 is 0 Å². The van der Waals surface area contributed by atoms with Crippen LogP contribution in [0.15, 0.2) is 28.4 Å². The number of fused-ring (bicyclic) bond motifs is 2. The average molecular weight is 276 g/mol. The molecule has 1 fully saturated rings. The zero-order chi connectivity index (χ0) is 14.3. The Labute approximate surface area is 121 Å². The number of hydrazine groups is 1. The van der Waals surface area contributed by atoms with Crippen LogP contribution >= 0.6 is 0 Å². The summed E-state index contributed by atoms with van der Waals surface area (Å²) in [6.45, 7) is 1.84. The lowest BCUT2D eigenvalue weighted by molar-refractivity contribution is -0.868. The van der Waals surface area contributed by atoms with Gasteiger partial charge in [-0.25, -0.2) is 0 Å². The maximum absolute atomic E-state index is 6.35. The van der Waals surface area contributed by atoms with Gasteiger partial charge in [0, 0.05) is 5.70 Å². The Balaban J connectivity index is 1.71. The van der Waals surface area contributed by atoms with Gasteiger partial charge in [-0.15, -0.1) is 0 Å². The standard InChI is InChI=1S/C15H26N5/c1-20(2,3)10-9-17-15-14(16)13-8-7-11-5-4-6-12(11)19(13)18-15/h7-8,13-14H,4-6,9-10,16H2,1-3H3,(H,17,18)/q+1. The minimum Gasteiger partial charge on any atom is -0.329 e. The summed E-state index contributed by atoms with van der Waals surface area (Å²) in [5.74, 6) is 0.939. The zero-order valence-electron chi connectivity index (χ0n) is 12.8. The maximum atomic E-state index is 6.35. The number of hydrogen-bond acceptors (Lipinski definition) is 3. The summed E-state index contributed by atoms with van der Waals surface area (Å²) in [5, 5.41) is 2.25. The van der Waals surface area contributed by atoms with Gasteiger partial charge in [-0.05, 0) is 24.8 Å². The van der Waals surface area contributed by atoms with Crippen LogP contribution in [0.1, 0.15) is 19.3 Å². The Morgan fingerprint density at radius 2 is 2.20 bits per heavy atom. The minimum absolute atomic E-state index is 0.0339. The van der Waals surface area contributed by atoms with E-state index in [-0.39, 0.29) is 12.1 Å². The third-order valence-corrected chi connectivity index (χ3v) is 4.29. The molecule has 0 aromatic heterocycles. The number of allylic oxidation sites excluding steroid dienone is 3. The SMILES string of the molecule is C[N+](C)(C)CCN=C1NN2C3=C(C=CC2C1N)CCC3. The molecule has 2 heterocycles. The molecule has 20 heavy (non-hydrogen) atoms. The molecule has 3 aliphatic rings. The van der Waals surface area contributed by atoms with Gasteiger partial charge in [0.05, 0.1) is 46.3 Å². The summed E-state index contributed by atoms with van der Waals surface area (Å²) in [5.41, 5.74) is 12.7. The van der Waals surface area contributed by atoms with E-state index < -0.39 is 0 Å². The number of nitrogens with zero attached hydrogens (tertiary/aromatic N) is 3. The topological polar surface area (TPSA) is 53.7 Å². The number of amidine groups is 1. The first-order valence-corrected chi connectivity index (χ1v) is 7.52. The van der Waals surface area contributed by atoms with Crippen LogP contribution in [-0.2, 0) is 0 Å². The van der Waals surface area contributed by atoms with E-state index in [4.69, 9.17) is 10.7 Å². The average Bonchev–Trinajstić information content (AvgIpc) is 2.93. The number of quaternary nitrogens is 1. The van der Waals surface area contributed by atoms with Crippen LogP contribution in [-0.4, -0.2) is 61.6 Å². The third kappa shape index (κ3) is 2.47. The number of likely N-dealkylation sites (N-methyl/N-ethyl adjacent to an activating group) is 1. The van der Waals surface area contributed by atoms with Crippen molar-refractivity contribution in [3.63, 3.8) is 0 Å². The van der Waals surface area contributed by atoms with Crippen molar-refractivity contribution in [1.29, 1.82) is 0 Å². The smallest absolute Gasteiger partial charge is 0.135 e. The van der Waals surface area contributed by atoms with Crippen LogP contribution in [0.2, 0.25) is 0 Å². The molecule has 3 N–H and O–H groups in total. The summed E-state index contributed by atoms with van der Waals surface area (Å²) < 4.78 is 0.925. The molecule has 0 radical (unpaired) electrons. The number of nitrogens with two attached hydrogens (primary N) is 1. The van der Waals surface area contributed by atoms with Crippen molar-refractivity contribution in [2.45, 2.75) is 31.3 Å². The fraction of sp³-hybridized carbons (Fsp3) is 0.667. The first-order valence-electron chi connectivity index (χ1n) is 7.52. The highest BCUT2D eigenvalue weighted by Gasteiger charge is 2.39. The molecule has 2 aliphatic heterocycles. The Kier molecular flexibility index (Phi) is 3.34. The van der Waals surface area contributed by atoms with E-state index in [1.165, 1.54) is 24.1 Å². The monoisotopic (exact) mass is 276 g/mol. The van der Waals surface area contributed by atoms with Gasteiger partial charge < -0.3 is 10.2 Å². The van der Waals surface area contributed by atoms with Gasteiger partial charge in [0.1, 0.15) is 5.84 Å². The predicted molar refractivity (Wildman–Crippen MR) is 82.0 cm³/mol. The summed E-state index contributed by atoms with van der Waals surface area (Å²) in [4.78, 5) is 4.69. The Morgan fingerprint density at radius 1 is 1.40 bits per heavy atom. The Hall–Kier alpha value is -1.33. The van der Waals surface area contributed by atoms with E-state index >= 15 is 0 Å². The largest absolute Gasteiger partial charge is 0.329 e. The fourth-order valence-electron chi connectivity index (χ4n) is 3.08. The molecule has 2 atom stereocenters. The summed E-state index contributed by atoms with van der Waals surface area (Å²) in [7, 11) is 6.55. The molecule has 0 spiro atoms. The molecule has 0 aromatic carbocycles. The second-order valence-electron chi connectivity index (χ2n) is 6.96. The molecule has 3 rings (SSSR count). The summed E-state index contributed by atoms with van der Waals surface area (Å²) >= 11 is 0. The lowest BCUT2D eigenvalue weighted by atomic mass is 10.0. The molecular weight excluding hydrogens is 250 g/mol. The molecule has 0 aromatic rings. The van der Waals surface area contributed by atoms with Crippen molar-refractivity contribution in [3.05, 3.63) is 23.4 Å². The molecule has 1 aliphatic carbocycles. The molecular formula is C15H26N5+. The van der Waals surface area contributed by atoms with Crippen molar-refractivity contribution < 1.29 is 4.48 Å². The Morgan fingerprint density at radius 3 is 2.95 bits per heavy atom. The maximum Gasteiger partial charge on any atom is 0.135 e. The predicted octanol–water partition coefficient (Wildman–Crippen LogP) is 0.615. The molecule has 5 heteroatoms. The highest BCUT2D eigenvalue weighted by atomic mass is 15.6. The summed E-state index contributed by atoms with van der Waals surface area (Å²) in [6.07, 6.45) is 8.09. The second kappa shape index (κ2) is 4.90. The molecule has 0 saturated carbocycles. The molecule has 1 saturated heterocycles.